The number of nitrogens with zero attached hydrogens (tertiary/aromatic N) is 6. The van der Waals surface area contributed by atoms with Crippen molar-refractivity contribution < 1.29 is 4.74 Å². The van der Waals surface area contributed by atoms with Crippen molar-refractivity contribution in [1.82, 2.24) is 25.1 Å². The Morgan fingerprint density at radius 2 is 1.61 bits per heavy atom. The smallest absolute Gasteiger partial charge is 0.173 e. The molecule has 3 aromatic rings. The number of hydrogen-bond donors (Lipinski definition) is 0. The maximum Gasteiger partial charge on any atom is 0.173 e. The van der Waals surface area contributed by atoms with Crippen molar-refractivity contribution in [1.29, 1.82) is 0 Å². The highest BCUT2D eigenvalue weighted by Crippen LogP contribution is 2.34. The predicted molar refractivity (Wildman–Crippen MR) is 120 cm³/mol. The summed E-state index contributed by atoms with van der Waals surface area (Å²) in [5.74, 6) is 1.88. The van der Waals surface area contributed by atoms with Crippen LogP contribution >= 0.6 is 0 Å². The summed E-state index contributed by atoms with van der Waals surface area (Å²) >= 11 is 0. The summed E-state index contributed by atoms with van der Waals surface area (Å²) in [5, 5.41) is 13.1. The van der Waals surface area contributed by atoms with Crippen LogP contribution in [0, 0.1) is 0 Å². The summed E-state index contributed by atoms with van der Waals surface area (Å²) in [6.45, 7) is 3.87. The number of rotatable bonds is 6. The first-order valence-electron chi connectivity index (χ1n) is 11.3. The normalized spacial score (nSPS) is 18.9. The van der Waals surface area contributed by atoms with Gasteiger partial charge in [0.1, 0.15) is 5.75 Å². The van der Waals surface area contributed by atoms with Gasteiger partial charge in [0.2, 0.25) is 0 Å². The molecule has 2 aromatic carbocycles. The lowest BCUT2D eigenvalue weighted by Crippen LogP contribution is -2.48. The van der Waals surface area contributed by atoms with E-state index in [0.717, 1.165) is 37.8 Å². The van der Waals surface area contributed by atoms with Gasteiger partial charge in [-0.2, -0.15) is 0 Å². The van der Waals surface area contributed by atoms with Crippen LogP contribution in [-0.2, 0) is 0 Å². The fraction of sp³-hybridized carbons (Fsp3) is 0.458. The highest BCUT2D eigenvalue weighted by atomic mass is 16.5. The highest BCUT2D eigenvalue weighted by molar-refractivity contribution is 5.49. The van der Waals surface area contributed by atoms with E-state index < -0.39 is 0 Å². The van der Waals surface area contributed by atoms with Gasteiger partial charge in [-0.05, 0) is 53.1 Å². The van der Waals surface area contributed by atoms with Crippen LogP contribution in [-0.4, -0.2) is 58.4 Å². The molecule has 7 nitrogen and oxygen atoms in total. The van der Waals surface area contributed by atoms with E-state index >= 15 is 0 Å². The second kappa shape index (κ2) is 9.06. The Morgan fingerprint density at radius 1 is 0.903 bits per heavy atom. The first-order valence-corrected chi connectivity index (χ1v) is 11.3. The van der Waals surface area contributed by atoms with Gasteiger partial charge >= 0.3 is 0 Å². The molecule has 5 rings (SSSR count). The minimum absolute atomic E-state index is 0.0785. The van der Waals surface area contributed by atoms with E-state index in [2.05, 4.69) is 72.5 Å². The minimum atomic E-state index is 0.0785. The van der Waals surface area contributed by atoms with Crippen molar-refractivity contribution >= 4 is 5.69 Å². The Labute approximate surface area is 183 Å². The van der Waals surface area contributed by atoms with Gasteiger partial charge in [0.05, 0.1) is 19.2 Å². The van der Waals surface area contributed by atoms with Crippen molar-refractivity contribution in [3.05, 3.63) is 66.0 Å². The van der Waals surface area contributed by atoms with Gasteiger partial charge in [0, 0.05) is 31.9 Å². The molecule has 7 heteroatoms. The molecule has 0 bridgehead atoms. The molecule has 2 heterocycles. The van der Waals surface area contributed by atoms with Crippen LogP contribution in [0.5, 0.6) is 5.75 Å². The molecule has 1 saturated carbocycles. The quantitative estimate of drug-likeness (QED) is 0.608. The molecule has 1 atom stereocenters. The number of methoxy groups -OCH3 is 1. The van der Waals surface area contributed by atoms with E-state index in [9.17, 15) is 0 Å². The average Bonchev–Trinajstić information content (AvgIpc) is 3.53. The van der Waals surface area contributed by atoms with Crippen molar-refractivity contribution in [3.8, 4) is 5.75 Å². The summed E-state index contributed by atoms with van der Waals surface area (Å²) in [4.78, 5) is 4.98. The predicted octanol–water partition coefficient (Wildman–Crippen LogP) is 3.71. The van der Waals surface area contributed by atoms with Crippen LogP contribution in [0.1, 0.15) is 49.2 Å². The molecule has 1 saturated heterocycles. The zero-order valence-electron chi connectivity index (χ0n) is 18.1. The molecular formula is C24H30N6O. The summed E-state index contributed by atoms with van der Waals surface area (Å²) < 4.78 is 7.41. The monoisotopic (exact) mass is 418 g/mol. The number of anilines is 1. The van der Waals surface area contributed by atoms with Crippen molar-refractivity contribution in [2.45, 2.75) is 37.8 Å². The van der Waals surface area contributed by atoms with Crippen molar-refractivity contribution in [2.24, 2.45) is 0 Å². The third-order valence-electron chi connectivity index (χ3n) is 6.67. The zero-order chi connectivity index (χ0) is 21.0. The molecule has 0 amide bonds. The van der Waals surface area contributed by atoms with Gasteiger partial charge in [0.25, 0.3) is 0 Å². The third kappa shape index (κ3) is 4.14. The Balaban J connectivity index is 1.38. The van der Waals surface area contributed by atoms with Crippen LogP contribution in [0.15, 0.2) is 54.6 Å². The molecule has 162 valence electrons. The van der Waals surface area contributed by atoms with E-state index in [1.54, 1.807) is 7.11 Å². The highest BCUT2D eigenvalue weighted by Gasteiger charge is 2.33. The van der Waals surface area contributed by atoms with Gasteiger partial charge in [0.15, 0.2) is 5.82 Å². The third-order valence-corrected chi connectivity index (χ3v) is 6.67. The zero-order valence-corrected chi connectivity index (χ0v) is 18.1. The molecule has 0 N–H and O–H groups in total. The van der Waals surface area contributed by atoms with Crippen LogP contribution < -0.4 is 9.64 Å². The molecule has 1 aromatic heterocycles. The van der Waals surface area contributed by atoms with Crippen LogP contribution in [0.3, 0.4) is 0 Å². The van der Waals surface area contributed by atoms with Crippen LogP contribution in [0.2, 0.25) is 0 Å². The number of hydrogen-bond acceptors (Lipinski definition) is 6. The SMILES string of the molecule is COc1ccc(N2CCN([C@@H](c3ccccc3)c3nnnn3C3CCCC3)CC2)cc1. The molecule has 0 unspecified atom stereocenters. The second-order valence-electron chi connectivity index (χ2n) is 8.45. The lowest BCUT2D eigenvalue weighted by molar-refractivity contribution is 0.197. The molecular weight excluding hydrogens is 388 g/mol. The number of benzene rings is 2. The van der Waals surface area contributed by atoms with E-state index in [0.29, 0.717) is 6.04 Å². The largest absolute Gasteiger partial charge is 0.497 e. The number of ether oxygens (including phenoxy) is 1. The van der Waals surface area contributed by atoms with Crippen molar-refractivity contribution in [3.63, 3.8) is 0 Å². The molecule has 2 fully saturated rings. The molecule has 31 heavy (non-hydrogen) atoms. The topological polar surface area (TPSA) is 59.3 Å². The van der Waals surface area contributed by atoms with Gasteiger partial charge < -0.3 is 9.64 Å². The first-order chi connectivity index (χ1) is 15.3. The van der Waals surface area contributed by atoms with Gasteiger partial charge in [-0.3, -0.25) is 4.90 Å². The van der Waals surface area contributed by atoms with E-state index in [1.807, 2.05) is 12.1 Å². The van der Waals surface area contributed by atoms with Crippen molar-refractivity contribution in [2.75, 3.05) is 38.2 Å². The summed E-state index contributed by atoms with van der Waals surface area (Å²) in [6, 6.07) is 19.6. The number of tetrazole rings is 1. The van der Waals surface area contributed by atoms with E-state index in [4.69, 9.17) is 4.74 Å². The lowest BCUT2D eigenvalue weighted by atomic mass is 10.0. The number of piperazine rings is 1. The fourth-order valence-electron chi connectivity index (χ4n) is 4.98. The summed E-state index contributed by atoms with van der Waals surface area (Å²) in [6.07, 6.45) is 4.87. The van der Waals surface area contributed by atoms with Gasteiger partial charge in [-0.15, -0.1) is 5.10 Å². The van der Waals surface area contributed by atoms with E-state index in [-0.39, 0.29) is 6.04 Å². The van der Waals surface area contributed by atoms with Crippen LogP contribution in [0.4, 0.5) is 5.69 Å². The summed E-state index contributed by atoms with van der Waals surface area (Å²) in [5.41, 5.74) is 2.50. The Bertz CT molecular complexity index is 959. The standard InChI is InChI=1S/C24H30N6O/c1-31-22-13-11-20(12-14-22)28-15-17-29(18-16-28)23(19-7-3-2-4-8-19)24-25-26-27-30(24)21-9-5-6-10-21/h2-4,7-8,11-14,21,23H,5-6,9-10,15-18H2,1H3/t23-/m0/s1. The summed E-state index contributed by atoms with van der Waals surface area (Å²) in [7, 11) is 1.71. The second-order valence-corrected chi connectivity index (χ2v) is 8.45. The Morgan fingerprint density at radius 3 is 2.29 bits per heavy atom. The lowest BCUT2D eigenvalue weighted by Gasteiger charge is -2.40. The molecule has 1 aliphatic carbocycles. The van der Waals surface area contributed by atoms with Gasteiger partial charge in [-0.25, -0.2) is 4.68 Å². The first kappa shape index (κ1) is 20.0. The van der Waals surface area contributed by atoms with Crippen LogP contribution in [0.25, 0.3) is 0 Å². The Kier molecular flexibility index (Phi) is 5.84. The van der Waals surface area contributed by atoms with Gasteiger partial charge in [-0.1, -0.05) is 43.2 Å². The maximum atomic E-state index is 5.30. The minimum Gasteiger partial charge on any atom is -0.497 e. The maximum absolute atomic E-state index is 5.30. The molecule has 0 spiro atoms. The molecule has 0 radical (unpaired) electrons. The Hall–Kier alpha value is -2.93. The van der Waals surface area contributed by atoms with E-state index in [1.165, 1.54) is 36.9 Å². The average molecular weight is 419 g/mol. The fourth-order valence-corrected chi connectivity index (χ4v) is 4.98. The molecule has 2 aliphatic rings. The molecule has 1 aliphatic heterocycles. The number of aromatic nitrogens is 4.